The first-order valence-corrected chi connectivity index (χ1v) is 7.44. The Labute approximate surface area is 114 Å². The van der Waals surface area contributed by atoms with Crippen LogP contribution >= 0.6 is 11.3 Å². The highest BCUT2D eigenvalue weighted by Crippen LogP contribution is 2.17. The van der Waals surface area contributed by atoms with E-state index in [9.17, 15) is 0 Å². The van der Waals surface area contributed by atoms with Crippen molar-refractivity contribution in [2.24, 2.45) is 4.99 Å². The molecule has 0 amide bonds. The number of guanidine groups is 1. The molecule has 0 saturated carbocycles. The van der Waals surface area contributed by atoms with Crippen LogP contribution in [0.25, 0.3) is 0 Å². The number of aromatic nitrogens is 1. The molecule has 5 heteroatoms. The molecule has 0 spiro atoms. The van der Waals surface area contributed by atoms with Gasteiger partial charge in [0, 0.05) is 19.0 Å². The Morgan fingerprint density at radius 1 is 1.44 bits per heavy atom. The van der Waals surface area contributed by atoms with Crippen LogP contribution in [0.3, 0.4) is 0 Å². The van der Waals surface area contributed by atoms with E-state index in [0.29, 0.717) is 5.92 Å². The fourth-order valence-electron chi connectivity index (χ4n) is 1.43. The predicted octanol–water partition coefficient (Wildman–Crippen LogP) is 2.73. The molecule has 1 aromatic rings. The average Bonchev–Trinajstić information content (AvgIpc) is 2.82. The Balaban J connectivity index is 2.37. The van der Waals surface area contributed by atoms with Crippen LogP contribution in [-0.2, 0) is 6.54 Å². The zero-order valence-electron chi connectivity index (χ0n) is 11.8. The topological polar surface area (TPSA) is 49.3 Å². The van der Waals surface area contributed by atoms with Crippen molar-refractivity contribution in [2.45, 2.75) is 46.1 Å². The summed E-state index contributed by atoms with van der Waals surface area (Å²) in [5.41, 5.74) is 1.17. The Hall–Kier alpha value is -1.10. The molecule has 1 aromatic heterocycles. The molecule has 0 fully saturated rings. The highest BCUT2D eigenvalue weighted by atomic mass is 32.1. The molecule has 0 atom stereocenters. The fraction of sp³-hybridized carbons (Fsp3) is 0.692. The van der Waals surface area contributed by atoms with Crippen molar-refractivity contribution in [3.63, 3.8) is 0 Å². The monoisotopic (exact) mass is 268 g/mol. The predicted molar refractivity (Wildman–Crippen MR) is 79.3 cm³/mol. The van der Waals surface area contributed by atoms with Crippen LogP contribution < -0.4 is 10.6 Å². The second-order valence-electron chi connectivity index (χ2n) is 4.53. The minimum Gasteiger partial charge on any atom is -0.356 e. The van der Waals surface area contributed by atoms with Crippen molar-refractivity contribution in [2.75, 3.05) is 13.6 Å². The molecule has 2 N–H and O–H groups in total. The molecule has 0 aromatic carbocycles. The summed E-state index contributed by atoms with van der Waals surface area (Å²) in [4.78, 5) is 8.77. The van der Waals surface area contributed by atoms with Crippen molar-refractivity contribution in [3.8, 4) is 0 Å². The number of nitrogens with zero attached hydrogens (tertiary/aromatic N) is 2. The summed E-state index contributed by atoms with van der Waals surface area (Å²) in [6, 6.07) is 0. The summed E-state index contributed by atoms with van der Waals surface area (Å²) in [6.07, 6.45) is 2.35. The van der Waals surface area contributed by atoms with E-state index in [1.54, 1.807) is 18.4 Å². The maximum Gasteiger partial charge on any atom is 0.191 e. The van der Waals surface area contributed by atoms with Gasteiger partial charge in [-0.1, -0.05) is 27.2 Å². The van der Waals surface area contributed by atoms with Gasteiger partial charge in [-0.25, -0.2) is 4.98 Å². The number of hydrogen-bond donors (Lipinski definition) is 2. The summed E-state index contributed by atoms with van der Waals surface area (Å²) in [5, 5.41) is 9.81. The summed E-state index contributed by atoms with van der Waals surface area (Å²) in [6.45, 7) is 8.21. The fourth-order valence-corrected chi connectivity index (χ4v) is 2.33. The minimum absolute atomic E-state index is 0.497. The lowest BCUT2D eigenvalue weighted by Gasteiger charge is -2.10. The van der Waals surface area contributed by atoms with E-state index in [4.69, 9.17) is 0 Å². The lowest BCUT2D eigenvalue weighted by Crippen LogP contribution is -2.37. The molecule has 0 radical (unpaired) electrons. The van der Waals surface area contributed by atoms with Crippen molar-refractivity contribution in [3.05, 3.63) is 16.1 Å². The first-order valence-electron chi connectivity index (χ1n) is 6.56. The number of aliphatic imine (C=N–C) groups is 1. The molecule has 0 saturated heterocycles. The zero-order valence-corrected chi connectivity index (χ0v) is 12.6. The van der Waals surface area contributed by atoms with Gasteiger partial charge in [0.2, 0.25) is 0 Å². The molecule has 0 aliphatic heterocycles. The molecule has 0 bridgehead atoms. The Bertz CT molecular complexity index is 371. The van der Waals surface area contributed by atoms with E-state index in [1.165, 1.54) is 12.1 Å². The Morgan fingerprint density at radius 3 is 2.78 bits per heavy atom. The molecular weight excluding hydrogens is 244 g/mol. The molecule has 18 heavy (non-hydrogen) atoms. The van der Waals surface area contributed by atoms with Crippen LogP contribution in [0.1, 0.15) is 50.2 Å². The summed E-state index contributed by atoms with van der Waals surface area (Å²) >= 11 is 1.70. The van der Waals surface area contributed by atoms with Gasteiger partial charge >= 0.3 is 0 Å². The largest absolute Gasteiger partial charge is 0.356 e. The van der Waals surface area contributed by atoms with E-state index in [1.807, 2.05) is 0 Å². The first-order chi connectivity index (χ1) is 8.67. The number of rotatable bonds is 6. The number of unbranched alkanes of at least 4 members (excludes halogenated alkanes) is 1. The lowest BCUT2D eigenvalue weighted by atomic mass is 10.2. The van der Waals surface area contributed by atoms with Gasteiger partial charge in [0.15, 0.2) is 5.96 Å². The van der Waals surface area contributed by atoms with Gasteiger partial charge in [-0.3, -0.25) is 4.99 Å². The van der Waals surface area contributed by atoms with E-state index in [2.05, 4.69) is 46.8 Å². The maximum atomic E-state index is 4.59. The first kappa shape index (κ1) is 15.0. The third-order valence-electron chi connectivity index (χ3n) is 2.61. The van der Waals surface area contributed by atoms with Crippen LogP contribution in [0.2, 0.25) is 0 Å². The van der Waals surface area contributed by atoms with Crippen LogP contribution in [0.5, 0.6) is 0 Å². The van der Waals surface area contributed by atoms with E-state index in [-0.39, 0.29) is 0 Å². The standard InChI is InChI=1S/C13H24N4S/c1-5-6-7-15-13(14-4)16-8-12-17-11(9-18-12)10(2)3/h9-10H,5-8H2,1-4H3,(H2,14,15,16). The van der Waals surface area contributed by atoms with E-state index >= 15 is 0 Å². The maximum absolute atomic E-state index is 4.59. The third kappa shape index (κ3) is 5.04. The van der Waals surface area contributed by atoms with Gasteiger partial charge in [0.25, 0.3) is 0 Å². The average molecular weight is 268 g/mol. The molecular formula is C13H24N4S. The van der Waals surface area contributed by atoms with Gasteiger partial charge < -0.3 is 10.6 Å². The van der Waals surface area contributed by atoms with E-state index < -0.39 is 0 Å². The van der Waals surface area contributed by atoms with Crippen LogP contribution in [0.15, 0.2) is 10.4 Å². The Kier molecular flexibility index (Phi) is 6.72. The number of hydrogen-bond acceptors (Lipinski definition) is 3. The van der Waals surface area contributed by atoms with Gasteiger partial charge in [-0.15, -0.1) is 11.3 Å². The smallest absolute Gasteiger partial charge is 0.191 e. The SMILES string of the molecule is CCCCNC(=NC)NCc1nc(C(C)C)cs1. The van der Waals surface area contributed by atoms with Crippen molar-refractivity contribution in [1.29, 1.82) is 0 Å². The van der Waals surface area contributed by atoms with Crippen molar-refractivity contribution < 1.29 is 0 Å². The third-order valence-corrected chi connectivity index (χ3v) is 3.48. The van der Waals surface area contributed by atoms with Gasteiger partial charge in [0.1, 0.15) is 5.01 Å². The summed E-state index contributed by atoms with van der Waals surface area (Å²) in [7, 11) is 1.79. The molecule has 0 unspecified atom stereocenters. The quantitative estimate of drug-likeness (QED) is 0.474. The van der Waals surface area contributed by atoms with Crippen LogP contribution in [0, 0.1) is 0 Å². The molecule has 1 heterocycles. The number of thiazole rings is 1. The second kappa shape index (κ2) is 8.08. The highest BCUT2D eigenvalue weighted by molar-refractivity contribution is 7.09. The molecule has 1 rings (SSSR count). The van der Waals surface area contributed by atoms with E-state index in [0.717, 1.165) is 30.5 Å². The van der Waals surface area contributed by atoms with Gasteiger partial charge in [0.05, 0.1) is 12.2 Å². The van der Waals surface area contributed by atoms with Crippen molar-refractivity contribution in [1.82, 2.24) is 15.6 Å². The summed E-state index contributed by atoms with van der Waals surface area (Å²) in [5.74, 6) is 1.35. The van der Waals surface area contributed by atoms with Crippen LogP contribution in [0.4, 0.5) is 0 Å². The lowest BCUT2D eigenvalue weighted by molar-refractivity contribution is 0.726. The zero-order chi connectivity index (χ0) is 13.4. The molecule has 4 nitrogen and oxygen atoms in total. The van der Waals surface area contributed by atoms with Crippen LogP contribution in [-0.4, -0.2) is 24.5 Å². The van der Waals surface area contributed by atoms with Crippen molar-refractivity contribution >= 4 is 17.3 Å². The number of nitrogens with one attached hydrogen (secondary N) is 2. The molecule has 0 aliphatic rings. The molecule has 0 aliphatic carbocycles. The van der Waals surface area contributed by atoms with Gasteiger partial charge in [-0.05, 0) is 12.3 Å². The second-order valence-corrected chi connectivity index (χ2v) is 5.47. The Morgan fingerprint density at radius 2 is 2.22 bits per heavy atom. The van der Waals surface area contributed by atoms with Gasteiger partial charge in [-0.2, -0.15) is 0 Å². The summed E-state index contributed by atoms with van der Waals surface area (Å²) < 4.78 is 0. The minimum atomic E-state index is 0.497. The molecule has 102 valence electrons. The highest BCUT2D eigenvalue weighted by Gasteiger charge is 2.06. The normalized spacial score (nSPS) is 11.9.